The average molecular weight is 342 g/mol. The van der Waals surface area contributed by atoms with Crippen LogP contribution in [0.1, 0.15) is 51.9 Å². The van der Waals surface area contributed by atoms with Gasteiger partial charge >= 0.3 is 0 Å². The van der Waals surface area contributed by atoms with Crippen molar-refractivity contribution in [3.05, 3.63) is 0 Å². The second kappa shape index (κ2) is 9.27. The number of nitrogens with zero attached hydrogens (tertiary/aromatic N) is 1. The Morgan fingerprint density at radius 3 is 2.52 bits per heavy atom. The van der Waals surface area contributed by atoms with Gasteiger partial charge in [0.1, 0.15) is 0 Å². The summed E-state index contributed by atoms with van der Waals surface area (Å²) in [5.41, 5.74) is 0. The summed E-state index contributed by atoms with van der Waals surface area (Å²) in [5, 5.41) is 4.82. The molecule has 0 radical (unpaired) electrons. The second-order valence-corrected chi connectivity index (χ2v) is 7.40. The Labute approximate surface area is 142 Å². The number of amides is 3. The fourth-order valence-corrected chi connectivity index (χ4v) is 3.98. The summed E-state index contributed by atoms with van der Waals surface area (Å²) in [6, 6.07) is 0.410. The van der Waals surface area contributed by atoms with Crippen molar-refractivity contribution in [2.75, 3.05) is 18.8 Å². The minimum Gasteiger partial charge on any atom is -0.349 e. The maximum Gasteiger partial charge on any atom is 0.288 e. The zero-order valence-electron chi connectivity index (χ0n) is 13.9. The van der Waals surface area contributed by atoms with Crippen LogP contribution < -0.4 is 10.6 Å². The van der Waals surface area contributed by atoms with E-state index in [1.165, 1.54) is 49.8 Å². The Morgan fingerprint density at radius 1 is 1.26 bits per heavy atom. The first-order valence-corrected chi connectivity index (χ1v) is 9.66. The predicted octanol–water partition coefficient (Wildman–Crippen LogP) is 0.863. The Bertz CT molecular complexity index is 420. The highest BCUT2D eigenvalue weighted by molar-refractivity contribution is 8.14. The Morgan fingerprint density at radius 2 is 1.91 bits per heavy atom. The summed E-state index contributed by atoms with van der Waals surface area (Å²) in [6.07, 6.45) is 8.84. The maximum atomic E-state index is 12.2. The number of quaternary nitrogens is 1. The first kappa shape index (κ1) is 18.3. The van der Waals surface area contributed by atoms with Crippen molar-refractivity contribution in [2.45, 2.75) is 64.0 Å². The van der Waals surface area contributed by atoms with Gasteiger partial charge in [0.15, 0.2) is 6.04 Å². The van der Waals surface area contributed by atoms with Crippen LogP contribution in [0, 0.1) is 0 Å². The maximum absolute atomic E-state index is 12.2. The van der Waals surface area contributed by atoms with Crippen molar-refractivity contribution in [3.8, 4) is 0 Å². The average Bonchev–Trinajstić information content (AvgIpc) is 2.81. The van der Waals surface area contributed by atoms with Crippen LogP contribution in [0.5, 0.6) is 0 Å². The molecule has 3 N–H and O–H groups in total. The van der Waals surface area contributed by atoms with E-state index in [4.69, 9.17) is 0 Å². The number of hydrogen-bond donors (Lipinski definition) is 2. The number of imide groups is 1. The number of hydrogen-bond acceptors (Lipinski definition) is 4. The van der Waals surface area contributed by atoms with Gasteiger partial charge in [0.05, 0.1) is 11.8 Å². The molecule has 2 fully saturated rings. The lowest BCUT2D eigenvalue weighted by molar-refractivity contribution is -0.708. The molecule has 3 amide bonds. The van der Waals surface area contributed by atoms with Crippen LogP contribution in [0.2, 0.25) is 0 Å². The van der Waals surface area contributed by atoms with Gasteiger partial charge in [-0.05, 0) is 32.6 Å². The third kappa shape index (κ3) is 5.80. The summed E-state index contributed by atoms with van der Waals surface area (Å²) in [4.78, 5) is 36.3. The summed E-state index contributed by atoms with van der Waals surface area (Å²) < 4.78 is 0. The molecular formula is C16H28N3O3S+. The molecule has 1 aliphatic carbocycles. The molecule has 130 valence electrons. The van der Waals surface area contributed by atoms with Gasteiger partial charge in [-0.2, -0.15) is 0 Å². The van der Waals surface area contributed by atoms with Gasteiger partial charge in [-0.15, -0.1) is 0 Å². The highest BCUT2D eigenvalue weighted by Gasteiger charge is 2.29. The van der Waals surface area contributed by atoms with Gasteiger partial charge < -0.3 is 10.6 Å². The SMILES string of the molecule is C[C@@H]([NH2+]C1CCCCCCC1)C(=O)NCCN1C(=O)CSC1=O. The quantitative estimate of drug-likeness (QED) is 0.750. The number of thioether (sulfide) groups is 1. The van der Waals surface area contributed by atoms with Crippen LogP contribution >= 0.6 is 11.8 Å². The van der Waals surface area contributed by atoms with Gasteiger partial charge in [-0.25, -0.2) is 0 Å². The topological polar surface area (TPSA) is 83.1 Å². The molecule has 1 heterocycles. The molecule has 0 aromatic rings. The summed E-state index contributed by atoms with van der Waals surface area (Å²) in [6.45, 7) is 2.53. The van der Waals surface area contributed by atoms with Gasteiger partial charge in [0, 0.05) is 13.1 Å². The Balaban J connectivity index is 1.67. The molecular weight excluding hydrogens is 314 g/mol. The van der Waals surface area contributed by atoms with Crippen molar-refractivity contribution in [2.24, 2.45) is 0 Å². The van der Waals surface area contributed by atoms with E-state index in [9.17, 15) is 14.4 Å². The third-order valence-electron chi connectivity index (χ3n) is 4.60. The lowest BCUT2D eigenvalue weighted by Gasteiger charge is -2.22. The lowest BCUT2D eigenvalue weighted by atomic mass is 9.96. The molecule has 23 heavy (non-hydrogen) atoms. The van der Waals surface area contributed by atoms with Crippen LogP contribution in [-0.4, -0.2) is 52.9 Å². The van der Waals surface area contributed by atoms with Crippen molar-refractivity contribution in [1.29, 1.82) is 0 Å². The molecule has 7 heteroatoms. The molecule has 2 aliphatic rings. The van der Waals surface area contributed by atoms with Crippen LogP contribution in [0.15, 0.2) is 0 Å². The monoisotopic (exact) mass is 342 g/mol. The summed E-state index contributed by atoms with van der Waals surface area (Å²) in [7, 11) is 0. The predicted molar refractivity (Wildman–Crippen MR) is 90.1 cm³/mol. The lowest BCUT2D eigenvalue weighted by Crippen LogP contribution is -2.96. The van der Waals surface area contributed by atoms with Crippen molar-refractivity contribution < 1.29 is 19.7 Å². The van der Waals surface area contributed by atoms with E-state index in [1.807, 2.05) is 6.92 Å². The van der Waals surface area contributed by atoms with Gasteiger partial charge in [0.25, 0.3) is 11.1 Å². The molecule has 0 unspecified atom stereocenters. The van der Waals surface area contributed by atoms with Gasteiger partial charge in [0.2, 0.25) is 5.91 Å². The Kier molecular flexibility index (Phi) is 7.36. The van der Waals surface area contributed by atoms with Crippen LogP contribution in [0.4, 0.5) is 4.79 Å². The van der Waals surface area contributed by atoms with E-state index in [0.717, 1.165) is 11.8 Å². The van der Waals surface area contributed by atoms with E-state index in [-0.39, 0.29) is 35.4 Å². The summed E-state index contributed by atoms with van der Waals surface area (Å²) in [5.74, 6) is 0.0423. The second-order valence-electron chi connectivity index (χ2n) is 6.48. The fraction of sp³-hybridized carbons (Fsp3) is 0.812. The minimum absolute atomic E-state index is 0.0150. The van der Waals surface area contributed by atoms with Gasteiger partial charge in [-0.3, -0.25) is 19.3 Å². The fourth-order valence-electron chi connectivity index (χ4n) is 3.22. The van der Waals surface area contributed by atoms with Crippen molar-refractivity contribution in [3.63, 3.8) is 0 Å². The molecule has 0 aromatic carbocycles. The largest absolute Gasteiger partial charge is 0.349 e. The van der Waals surface area contributed by atoms with E-state index in [1.54, 1.807) is 0 Å². The zero-order chi connectivity index (χ0) is 16.7. The molecule has 0 bridgehead atoms. The van der Waals surface area contributed by atoms with E-state index >= 15 is 0 Å². The number of nitrogens with one attached hydrogen (secondary N) is 1. The number of carbonyl (C=O) groups is 3. The third-order valence-corrected chi connectivity index (χ3v) is 5.46. The molecule has 0 spiro atoms. The molecule has 2 rings (SSSR count). The van der Waals surface area contributed by atoms with E-state index in [0.29, 0.717) is 12.6 Å². The van der Waals surface area contributed by atoms with Crippen LogP contribution in [0.3, 0.4) is 0 Å². The van der Waals surface area contributed by atoms with Crippen LogP contribution in [0.25, 0.3) is 0 Å². The first-order chi connectivity index (χ1) is 11.1. The number of rotatable bonds is 6. The van der Waals surface area contributed by atoms with Crippen molar-refractivity contribution >= 4 is 28.8 Å². The molecule has 1 saturated carbocycles. The molecule has 0 aromatic heterocycles. The first-order valence-electron chi connectivity index (χ1n) is 8.67. The van der Waals surface area contributed by atoms with Crippen molar-refractivity contribution in [1.82, 2.24) is 10.2 Å². The summed E-state index contributed by atoms with van der Waals surface area (Å²) >= 11 is 1.02. The Hall–Kier alpha value is -1.08. The van der Waals surface area contributed by atoms with E-state index < -0.39 is 0 Å². The molecule has 1 saturated heterocycles. The standard InChI is InChI=1S/C16H27N3O3S/c1-12(18-13-7-5-3-2-4-6-8-13)15(21)17-9-10-19-14(20)11-23-16(19)22/h12-13,18H,2-11H2,1H3,(H,17,21)/p+1/t12-/m1/s1. The van der Waals surface area contributed by atoms with Crippen LogP contribution in [-0.2, 0) is 9.59 Å². The molecule has 1 atom stereocenters. The van der Waals surface area contributed by atoms with Gasteiger partial charge in [-0.1, -0.05) is 31.0 Å². The number of nitrogens with two attached hydrogens (primary N) is 1. The van der Waals surface area contributed by atoms with E-state index in [2.05, 4.69) is 10.6 Å². The molecule has 1 aliphatic heterocycles. The number of carbonyl (C=O) groups excluding carboxylic acids is 3. The smallest absolute Gasteiger partial charge is 0.288 e. The normalized spacial score (nSPS) is 21.9. The highest BCUT2D eigenvalue weighted by Crippen LogP contribution is 2.17. The zero-order valence-corrected chi connectivity index (χ0v) is 14.7. The molecule has 6 nitrogen and oxygen atoms in total. The highest BCUT2D eigenvalue weighted by atomic mass is 32.2. The minimum atomic E-state index is -0.210.